The van der Waals surface area contributed by atoms with Crippen LogP contribution >= 0.6 is 0 Å². The van der Waals surface area contributed by atoms with Crippen molar-refractivity contribution in [3.05, 3.63) is 11.4 Å². The molecule has 1 heterocycles. The van der Waals surface area contributed by atoms with Crippen LogP contribution in [0.25, 0.3) is 4.85 Å². The van der Waals surface area contributed by atoms with Gasteiger partial charge in [0.15, 0.2) is 0 Å². The fourth-order valence-corrected chi connectivity index (χ4v) is 4.29. The van der Waals surface area contributed by atoms with Gasteiger partial charge in [0.05, 0.1) is 24.9 Å². The van der Waals surface area contributed by atoms with Gasteiger partial charge >= 0.3 is 12.1 Å². The van der Waals surface area contributed by atoms with Gasteiger partial charge in [-0.1, -0.05) is 0 Å². The van der Waals surface area contributed by atoms with Crippen molar-refractivity contribution in [1.82, 2.24) is 10.2 Å². The molecule has 0 spiro atoms. The van der Waals surface area contributed by atoms with Crippen molar-refractivity contribution < 1.29 is 19.1 Å². The summed E-state index contributed by atoms with van der Waals surface area (Å²) in [4.78, 5) is 28.4. The second-order valence-corrected chi connectivity index (χ2v) is 7.21. The molecule has 0 unspecified atom stereocenters. The number of nitrogens with zero attached hydrogens (tertiary/aromatic N) is 2. The summed E-state index contributed by atoms with van der Waals surface area (Å²) in [6.45, 7) is 7.17. The molecule has 3 aliphatic carbocycles. The first kappa shape index (κ1) is 16.2. The Morgan fingerprint density at radius 2 is 1.87 bits per heavy atom. The highest BCUT2D eigenvalue weighted by molar-refractivity contribution is 5.79. The fraction of sp³-hybridized carbons (Fsp3) is 0.812. The summed E-state index contributed by atoms with van der Waals surface area (Å²) in [5.74, 6) is -0.936. The zero-order valence-electron chi connectivity index (χ0n) is 13.1. The number of carboxylic acids is 1. The van der Waals surface area contributed by atoms with Crippen LogP contribution in [-0.2, 0) is 9.59 Å². The first-order valence-corrected chi connectivity index (χ1v) is 8.18. The van der Waals surface area contributed by atoms with E-state index >= 15 is 0 Å². The molecule has 0 aromatic heterocycles. The largest absolute Gasteiger partial charge is 0.481 e. The first-order valence-electron chi connectivity index (χ1n) is 8.18. The molecule has 23 heavy (non-hydrogen) atoms. The van der Waals surface area contributed by atoms with Crippen molar-refractivity contribution in [2.24, 2.45) is 5.41 Å². The molecular weight excluding hydrogens is 301 g/mol. The average molecular weight is 323 g/mol. The van der Waals surface area contributed by atoms with Crippen LogP contribution in [-0.4, -0.2) is 52.8 Å². The van der Waals surface area contributed by atoms with E-state index in [-0.39, 0.29) is 31.0 Å². The minimum Gasteiger partial charge on any atom is -0.481 e. The Kier molecular flexibility index (Phi) is 4.05. The molecule has 3 saturated carbocycles. The van der Waals surface area contributed by atoms with E-state index < -0.39 is 23.7 Å². The predicted octanol–water partition coefficient (Wildman–Crippen LogP) is 1.57. The zero-order valence-corrected chi connectivity index (χ0v) is 13.1. The molecule has 1 amide bonds. The number of rotatable bonds is 4. The van der Waals surface area contributed by atoms with Crippen LogP contribution in [0.4, 0.5) is 4.39 Å². The molecule has 1 saturated heterocycles. The monoisotopic (exact) mass is 323 g/mol. The van der Waals surface area contributed by atoms with Crippen molar-refractivity contribution in [3.63, 3.8) is 0 Å². The van der Waals surface area contributed by atoms with E-state index in [1.165, 1.54) is 4.90 Å². The predicted molar refractivity (Wildman–Crippen MR) is 80.1 cm³/mol. The number of amides is 1. The average Bonchev–Trinajstić information content (AvgIpc) is 2.95. The van der Waals surface area contributed by atoms with Gasteiger partial charge in [-0.25, -0.2) is 11.0 Å². The second-order valence-electron chi connectivity index (χ2n) is 7.21. The van der Waals surface area contributed by atoms with E-state index in [0.717, 1.165) is 19.3 Å². The summed E-state index contributed by atoms with van der Waals surface area (Å²) in [7, 11) is 0. The number of halogens is 1. The van der Waals surface area contributed by atoms with Crippen LogP contribution < -0.4 is 5.32 Å². The third-order valence-electron chi connectivity index (χ3n) is 6.01. The Bertz CT molecular complexity index is 535. The maximum absolute atomic E-state index is 13.4. The Morgan fingerprint density at radius 3 is 2.39 bits per heavy atom. The van der Waals surface area contributed by atoms with Gasteiger partial charge in [-0.3, -0.25) is 19.3 Å². The van der Waals surface area contributed by atoms with Crippen molar-refractivity contribution >= 4 is 11.9 Å². The van der Waals surface area contributed by atoms with Crippen LogP contribution in [0.1, 0.15) is 44.9 Å². The summed E-state index contributed by atoms with van der Waals surface area (Å²) >= 11 is 0. The molecule has 7 heteroatoms. The molecule has 1 aliphatic heterocycles. The van der Waals surface area contributed by atoms with E-state index in [4.69, 9.17) is 6.57 Å². The third kappa shape index (κ3) is 2.80. The topological polar surface area (TPSA) is 74.0 Å². The van der Waals surface area contributed by atoms with Gasteiger partial charge in [0.2, 0.25) is 5.91 Å². The summed E-state index contributed by atoms with van der Waals surface area (Å²) in [5.41, 5.74) is -0.742. The normalized spacial score (nSPS) is 39.2. The quantitative estimate of drug-likeness (QED) is 0.770. The number of aliphatic carboxylic acids is 1. The number of carbonyl (C=O) groups is 2. The highest BCUT2D eigenvalue weighted by Crippen LogP contribution is 2.52. The Labute approximate surface area is 134 Å². The van der Waals surface area contributed by atoms with Gasteiger partial charge < -0.3 is 10.4 Å². The smallest absolute Gasteiger partial charge is 0.309 e. The van der Waals surface area contributed by atoms with Gasteiger partial charge in [-0.15, -0.1) is 0 Å². The van der Waals surface area contributed by atoms with E-state index in [1.54, 1.807) is 0 Å². The fourth-order valence-electron chi connectivity index (χ4n) is 4.29. The molecule has 2 atom stereocenters. The van der Waals surface area contributed by atoms with Gasteiger partial charge in [0.1, 0.15) is 6.17 Å². The lowest BCUT2D eigenvalue weighted by Gasteiger charge is -2.51. The lowest BCUT2D eigenvalue weighted by Crippen LogP contribution is -2.58. The van der Waals surface area contributed by atoms with Gasteiger partial charge in [-0.05, 0) is 38.5 Å². The molecule has 2 bridgehead atoms. The van der Waals surface area contributed by atoms with Crippen LogP contribution in [0.3, 0.4) is 0 Å². The SMILES string of the molecule is [C-]#[N+][C@@H]1C[C@H](F)CN1C(=O)CNC12CCC(C(=O)O)(CC1)CC2. The van der Waals surface area contributed by atoms with E-state index in [0.29, 0.717) is 19.3 Å². The molecule has 2 N–H and O–H groups in total. The zero-order chi connectivity index (χ0) is 16.7. The van der Waals surface area contributed by atoms with E-state index in [1.807, 2.05) is 0 Å². The molecule has 0 aromatic rings. The number of hydrogen-bond donors (Lipinski definition) is 2. The summed E-state index contributed by atoms with van der Waals surface area (Å²) in [6, 6.07) is 0. The summed E-state index contributed by atoms with van der Waals surface area (Å²) in [5, 5.41) is 12.7. The van der Waals surface area contributed by atoms with Gasteiger partial charge in [-0.2, -0.15) is 0 Å². The Balaban J connectivity index is 1.57. The van der Waals surface area contributed by atoms with Gasteiger partial charge in [0.25, 0.3) is 0 Å². The molecule has 0 aromatic carbocycles. The lowest BCUT2D eigenvalue weighted by atomic mass is 9.57. The highest BCUT2D eigenvalue weighted by atomic mass is 19.1. The maximum atomic E-state index is 13.4. The second kappa shape index (κ2) is 5.75. The van der Waals surface area contributed by atoms with Crippen molar-refractivity contribution in [3.8, 4) is 0 Å². The number of alkyl halides is 1. The van der Waals surface area contributed by atoms with Crippen LogP contribution in [0.5, 0.6) is 0 Å². The minimum absolute atomic E-state index is 0.00266. The number of fused-ring (bicyclic) bond motifs is 3. The van der Waals surface area contributed by atoms with E-state index in [2.05, 4.69) is 10.2 Å². The molecule has 6 nitrogen and oxygen atoms in total. The standard InChI is InChI=1S/C16H22FN3O3/c1-18-12-8-11(17)10-20(12)13(21)9-19-16-5-2-15(3-6-16,4-7-16)14(22)23/h11-12,19H,2-10H2,(H,22,23)/t11-,12-,15?,16?/m0/s1. The van der Waals surface area contributed by atoms with Crippen LogP contribution in [0.15, 0.2) is 0 Å². The highest BCUT2D eigenvalue weighted by Gasteiger charge is 2.52. The van der Waals surface area contributed by atoms with Gasteiger partial charge in [0, 0.05) is 5.54 Å². The van der Waals surface area contributed by atoms with E-state index in [9.17, 15) is 19.1 Å². The van der Waals surface area contributed by atoms with Crippen molar-refractivity contribution in [1.29, 1.82) is 0 Å². The van der Waals surface area contributed by atoms with Crippen LogP contribution in [0, 0.1) is 12.0 Å². The molecule has 4 fully saturated rings. The molecule has 4 rings (SSSR count). The van der Waals surface area contributed by atoms with Crippen molar-refractivity contribution in [2.45, 2.75) is 62.8 Å². The maximum Gasteiger partial charge on any atom is 0.309 e. The minimum atomic E-state index is -1.11. The molecule has 126 valence electrons. The Hall–Kier alpha value is -1.68. The van der Waals surface area contributed by atoms with Crippen molar-refractivity contribution in [2.75, 3.05) is 13.1 Å². The third-order valence-corrected chi connectivity index (χ3v) is 6.01. The number of likely N-dealkylation sites (tertiary alicyclic amines) is 1. The molecular formula is C16H22FN3O3. The number of carboxylic acid groups (broad SMARTS) is 1. The Morgan fingerprint density at radius 1 is 1.26 bits per heavy atom. The number of carbonyl (C=O) groups excluding carboxylic acids is 1. The summed E-state index contributed by atoms with van der Waals surface area (Å²) in [6.07, 6.45) is 2.49. The summed E-state index contributed by atoms with van der Waals surface area (Å²) < 4.78 is 13.4. The molecule has 4 aliphatic rings. The molecule has 0 radical (unpaired) electrons. The number of nitrogens with one attached hydrogen (secondary N) is 1. The first-order chi connectivity index (χ1) is 10.9. The number of hydrogen-bond acceptors (Lipinski definition) is 3. The van der Waals surface area contributed by atoms with Crippen LogP contribution in [0.2, 0.25) is 0 Å². The lowest BCUT2D eigenvalue weighted by molar-refractivity contribution is -0.157.